The monoisotopic (exact) mass is 408 g/mol. The molecule has 0 rings (SSSR count). The van der Waals surface area contributed by atoms with Crippen molar-refractivity contribution < 1.29 is 14.7 Å². The number of aliphatic carboxylic acids is 1. The quantitative estimate of drug-likeness (QED) is 0.508. The Labute approximate surface area is 137 Å². The number of rotatable bonds is 11. The van der Waals surface area contributed by atoms with Crippen LogP contribution < -0.4 is 5.32 Å². The molecule has 0 fully saturated rings. The summed E-state index contributed by atoms with van der Waals surface area (Å²) in [5.74, 6) is -1.35. The van der Waals surface area contributed by atoms with E-state index in [4.69, 9.17) is 5.11 Å². The van der Waals surface area contributed by atoms with Gasteiger partial charge in [0.2, 0.25) is 5.91 Å². The van der Waals surface area contributed by atoms with E-state index in [-0.39, 0.29) is 12.5 Å². The molecule has 0 bridgehead atoms. The fourth-order valence-electron chi connectivity index (χ4n) is 1.86. The van der Waals surface area contributed by atoms with Crippen LogP contribution >= 0.6 is 0 Å². The predicted molar refractivity (Wildman–Crippen MR) is 91.2 cm³/mol. The number of unbranched alkanes of at least 4 members (excludes halogenated alkanes) is 3. The number of amides is 1. The summed E-state index contributed by atoms with van der Waals surface area (Å²) < 4.78 is 5.04. The van der Waals surface area contributed by atoms with Crippen molar-refractivity contribution in [1.82, 2.24) is 5.32 Å². The summed E-state index contributed by atoms with van der Waals surface area (Å²) in [6.07, 6.45) is 8.85. The Bertz CT molecular complexity index is 227. The van der Waals surface area contributed by atoms with Crippen molar-refractivity contribution in [2.45, 2.75) is 79.5 Å². The van der Waals surface area contributed by atoms with E-state index < -0.39 is 25.7 Å². The molecule has 0 unspecified atom stereocenters. The number of hydrogen-bond acceptors (Lipinski definition) is 2. The van der Waals surface area contributed by atoms with Crippen LogP contribution in [0.3, 0.4) is 0 Å². The predicted octanol–water partition coefficient (Wildman–Crippen LogP) is 4.09. The molecule has 4 nitrogen and oxygen atoms in total. The third-order valence-electron chi connectivity index (χ3n) is 3.14. The van der Waals surface area contributed by atoms with Crippen LogP contribution in [0.25, 0.3) is 0 Å². The molecule has 1 amide bonds. The Balaban J connectivity index is 0. The van der Waals surface area contributed by atoms with Crippen LogP contribution in [0.1, 0.15) is 66.2 Å². The van der Waals surface area contributed by atoms with Gasteiger partial charge in [0, 0.05) is 6.92 Å². The molecule has 5 heteroatoms. The van der Waals surface area contributed by atoms with Gasteiger partial charge in [-0.2, -0.15) is 0 Å². The molecule has 0 aliphatic heterocycles. The molecular formula is C16H34NO3Sn. The molecule has 21 heavy (non-hydrogen) atoms. The van der Waals surface area contributed by atoms with E-state index in [1.54, 1.807) is 13.3 Å². The third kappa shape index (κ3) is 22.2. The van der Waals surface area contributed by atoms with Crippen LogP contribution in [0.2, 0.25) is 13.3 Å². The van der Waals surface area contributed by atoms with Crippen LogP contribution in [0, 0.1) is 0 Å². The van der Waals surface area contributed by atoms with Gasteiger partial charge in [0.15, 0.2) is 0 Å². The fraction of sp³-hybridized carbons (Fsp3) is 0.875. The van der Waals surface area contributed by atoms with Crippen molar-refractivity contribution in [1.29, 1.82) is 0 Å². The van der Waals surface area contributed by atoms with E-state index in [2.05, 4.69) is 26.1 Å². The van der Waals surface area contributed by atoms with Crippen molar-refractivity contribution in [3.8, 4) is 0 Å². The SMILES string of the molecule is CC(=O)NCC(=O)O.CCC[CH2][Sn]([CH2]CCC)[CH2]CCC. The van der Waals surface area contributed by atoms with Gasteiger partial charge in [-0.15, -0.1) is 0 Å². The Morgan fingerprint density at radius 1 is 0.905 bits per heavy atom. The molecule has 0 spiro atoms. The third-order valence-corrected chi connectivity index (χ3v) is 12.2. The van der Waals surface area contributed by atoms with Gasteiger partial charge < -0.3 is 10.4 Å². The first-order chi connectivity index (χ1) is 9.97. The number of carbonyl (C=O) groups is 2. The number of carbonyl (C=O) groups excluding carboxylic acids is 1. The number of carboxylic acid groups (broad SMARTS) is 1. The molecule has 0 aromatic carbocycles. The van der Waals surface area contributed by atoms with E-state index in [1.165, 1.54) is 45.4 Å². The molecule has 0 atom stereocenters. The zero-order chi connectivity index (χ0) is 16.5. The van der Waals surface area contributed by atoms with Crippen LogP contribution in [0.4, 0.5) is 0 Å². The van der Waals surface area contributed by atoms with Crippen LogP contribution in [-0.4, -0.2) is 43.3 Å². The molecule has 2 N–H and O–H groups in total. The van der Waals surface area contributed by atoms with E-state index in [0.717, 1.165) is 0 Å². The van der Waals surface area contributed by atoms with Gasteiger partial charge in [-0.05, 0) is 0 Å². The van der Waals surface area contributed by atoms with Gasteiger partial charge in [-0.1, -0.05) is 0 Å². The summed E-state index contributed by atoms with van der Waals surface area (Å²) in [6, 6.07) is 0. The van der Waals surface area contributed by atoms with Gasteiger partial charge >= 0.3 is 98.3 Å². The van der Waals surface area contributed by atoms with Crippen LogP contribution in [0.15, 0.2) is 0 Å². The van der Waals surface area contributed by atoms with Gasteiger partial charge in [-0.25, -0.2) is 0 Å². The van der Waals surface area contributed by atoms with E-state index in [1.807, 2.05) is 0 Å². The van der Waals surface area contributed by atoms with Crippen molar-refractivity contribution in [2.75, 3.05) is 6.54 Å². The second-order valence-corrected chi connectivity index (χ2v) is 13.9. The molecule has 125 valence electrons. The topological polar surface area (TPSA) is 66.4 Å². The Kier molecular flexibility index (Phi) is 19.5. The maximum absolute atomic E-state index is 9.97. The summed E-state index contributed by atoms with van der Waals surface area (Å²) in [5.41, 5.74) is 0. The molecule has 0 aliphatic rings. The van der Waals surface area contributed by atoms with Crippen molar-refractivity contribution in [3.63, 3.8) is 0 Å². The molecule has 0 heterocycles. The summed E-state index contributed by atoms with van der Waals surface area (Å²) in [6.45, 7) is 7.97. The summed E-state index contributed by atoms with van der Waals surface area (Å²) in [4.78, 5) is 19.7. The van der Waals surface area contributed by atoms with E-state index in [9.17, 15) is 9.59 Å². The normalized spacial score (nSPS) is 9.95. The maximum atomic E-state index is 9.97. The summed E-state index contributed by atoms with van der Waals surface area (Å²) in [5, 5.41) is 10.1. The Morgan fingerprint density at radius 2 is 1.29 bits per heavy atom. The molecule has 0 saturated carbocycles. The van der Waals surface area contributed by atoms with Crippen LogP contribution in [0.5, 0.6) is 0 Å². The molecular weight excluding hydrogens is 373 g/mol. The van der Waals surface area contributed by atoms with Crippen molar-refractivity contribution >= 4 is 31.6 Å². The first kappa shape index (κ1) is 23.0. The second kappa shape index (κ2) is 17.8. The number of nitrogens with one attached hydrogen (secondary N) is 1. The molecule has 0 aromatic rings. The molecule has 1 radical (unpaired) electrons. The minimum absolute atomic E-state index is 0.296. The van der Waals surface area contributed by atoms with Crippen molar-refractivity contribution in [2.24, 2.45) is 0 Å². The van der Waals surface area contributed by atoms with Gasteiger partial charge in [0.05, 0.1) is 0 Å². The minimum atomic E-state index is -1.03. The van der Waals surface area contributed by atoms with E-state index in [0.29, 0.717) is 0 Å². The van der Waals surface area contributed by atoms with E-state index >= 15 is 0 Å². The van der Waals surface area contributed by atoms with Gasteiger partial charge in [-0.3, -0.25) is 9.59 Å². The van der Waals surface area contributed by atoms with Crippen LogP contribution in [-0.2, 0) is 9.59 Å². The Morgan fingerprint density at radius 3 is 1.48 bits per heavy atom. The molecule has 0 aromatic heterocycles. The first-order valence-corrected chi connectivity index (χ1v) is 14.3. The summed E-state index contributed by atoms with van der Waals surface area (Å²) >= 11 is -0.839. The van der Waals surface area contributed by atoms with Crippen molar-refractivity contribution in [3.05, 3.63) is 0 Å². The average molecular weight is 407 g/mol. The standard InChI is InChI=1S/C4H7NO3.3C4H9.Sn/c1-3(6)5-2-4(7)8;3*1-3-4-2;/h2H2,1H3,(H,5,6)(H,7,8);3*1,3-4H2,2H3;. The molecule has 0 aliphatic carbocycles. The zero-order valence-corrected chi connectivity index (χ0v) is 17.2. The molecule has 0 saturated heterocycles. The number of carboxylic acids is 1. The van der Waals surface area contributed by atoms with Gasteiger partial charge in [0.1, 0.15) is 6.54 Å². The van der Waals surface area contributed by atoms with Gasteiger partial charge in [0.25, 0.3) is 0 Å². The number of hydrogen-bond donors (Lipinski definition) is 2. The first-order valence-electron chi connectivity index (χ1n) is 8.27. The summed E-state index contributed by atoms with van der Waals surface area (Å²) in [7, 11) is 0. The zero-order valence-electron chi connectivity index (χ0n) is 14.3. The Hall–Kier alpha value is -0.261. The average Bonchev–Trinajstić information content (AvgIpc) is 2.45. The second-order valence-electron chi connectivity index (χ2n) is 5.36. The fourth-order valence-corrected chi connectivity index (χ4v) is 11.3.